The molecule has 0 aliphatic carbocycles. The number of ether oxygens (including phenoxy) is 1. The molecule has 0 radical (unpaired) electrons. The highest BCUT2D eigenvalue weighted by Gasteiger charge is 2.06. The first-order valence-corrected chi connectivity index (χ1v) is 8.39. The quantitative estimate of drug-likeness (QED) is 0.762. The molecule has 132 valence electrons. The summed E-state index contributed by atoms with van der Waals surface area (Å²) in [5.41, 5.74) is 7.04. The van der Waals surface area contributed by atoms with Crippen LogP contribution in [-0.2, 0) is 16.0 Å². The molecule has 2 aromatic rings. The maximum absolute atomic E-state index is 11.7. The van der Waals surface area contributed by atoms with Gasteiger partial charge in [-0.3, -0.25) is 20.4 Å². The summed E-state index contributed by atoms with van der Waals surface area (Å²) in [5, 5.41) is 0. The van der Waals surface area contributed by atoms with Gasteiger partial charge in [0, 0.05) is 6.42 Å². The Morgan fingerprint density at radius 1 is 0.920 bits per heavy atom. The molecule has 2 aromatic carbocycles. The molecule has 0 aromatic heterocycles. The average molecular weight is 340 g/mol. The fourth-order valence-corrected chi connectivity index (χ4v) is 2.24. The number of rotatable bonds is 7. The number of carbonyl (C=O) groups excluding carboxylic acids is 2. The number of hydrazine groups is 1. The molecule has 0 aliphatic heterocycles. The molecule has 0 atom stereocenters. The number of carbonyl (C=O) groups is 2. The Hall–Kier alpha value is -2.82. The Morgan fingerprint density at radius 3 is 2.20 bits per heavy atom. The second kappa shape index (κ2) is 9.47. The van der Waals surface area contributed by atoms with Crippen molar-refractivity contribution in [3.05, 3.63) is 65.7 Å². The van der Waals surface area contributed by atoms with Gasteiger partial charge in [-0.2, -0.15) is 0 Å². The van der Waals surface area contributed by atoms with Crippen molar-refractivity contribution in [1.82, 2.24) is 10.9 Å². The minimum atomic E-state index is -0.402. The molecule has 0 heterocycles. The number of aryl methyl sites for hydroxylation is 1. The van der Waals surface area contributed by atoms with E-state index in [1.165, 1.54) is 5.56 Å². The topological polar surface area (TPSA) is 67.4 Å². The van der Waals surface area contributed by atoms with Crippen molar-refractivity contribution >= 4 is 11.8 Å². The molecule has 2 N–H and O–H groups in total. The van der Waals surface area contributed by atoms with Gasteiger partial charge in [0.1, 0.15) is 5.75 Å². The average Bonchev–Trinajstić information content (AvgIpc) is 2.64. The minimum Gasteiger partial charge on any atom is -0.484 e. The van der Waals surface area contributed by atoms with Gasteiger partial charge in [-0.25, -0.2) is 0 Å². The summed E-state index contributed by atoms with van der Waals surface area (Å²) in [4.78, 5) is 23.4. The van der Waals surface area contributed by atoms with Crippen LogP contribution in [-0.4, -0.2) is 18.4 Å². The number of hydrogen-bond acceptors (Lipinski definition) is 3. The molecule has 25 heavy (non-hydrogen) atoms. The summed E-state index contributed by atoms with van der Waals surface area (Å²) in [5.74, 6) is 0.429. The van der Waals surface area contributed by atoms with Gasteiger partial charge >= 0.3 is 0 Å². The second-order valence-electron chi connectivity index (χ2n) is 6.09. The van der Waals surface area contributed by atoms with Crippen LogP contribution >= 0.6 is 0 Å². The zero-order valence-electron chi connectivity index (χ0n) is 14.6. The number of benzene rings is 2. The van der Waals surface area contributed by atoms with Crippen molar-refractivity contribution in [2.24, 2.45) is 0 Å². The van der Waals surface area contributed by atoms with E-state index in [1.54, 1.807) is 0 Å². The second-order valence-corrected chi connectivity index (χ2v) is 6.09. The SMILES string of the molecule is CC(C)c1ccc(OCC(=O)NNC(=O)CCc2ccccc2)cc1. The number of hydrogen-bond donors (Lipinski definition) is 2. The van der Waals surface area contributed by atoms with Gasteiger partial charge in [0.15, 0.2) is 6.61 Å². The van der Waals surface area contributed by atoms with E-state index in [0.717, 1.165) is 5.56 Å². The van der Waals surface area contributed by atoms with Crippen LogP contribution in [0.5, 0.6) is 5.75 Å². The highest BCUT2D eigenvalue weighted by atomic mass is 16.5. The molecule has 0 saturated carbocycles. The van der Waals surface area contributed by atoms with E-state index in [2.05, 4.69) is 24.7 Å². The van der Waals surface area contributed by atoms with Gasteiger partial charge < -0.3 is 4.74 Å². The number of nitrogens with one attached hydrogen (secondary N) is 2. The smallest absolute Gasteiger partial charge is 0.276 e. The van der Waals surface area contributed by atoms with Gasteiger partial charge in [-0.05, 0) is 35.6 Å². The van der Waals surface area contributed by atoms with Crippen LogP contribution < -0.4 is 15.6 Å². The fraction of sp³-hybridized carbons (Fsp3) is 0.300. The maximum atomic E-state index is 11.7. The monoisotopic (exact) mass is 340 g/mol. The van der Waals surface area contributed by atoms with Crippen molar-refractivity contribution in [2.75, 3.05) is 6.61 Å². The zero-order valence-corrected chi connectivity index (χ0v) is 14.6. The molecule has 5 nitrogen and oxygen atoms in total. The Labute approximate surface area is 148 Å². The van der Waals surface area contributed by atoms with Crippen molar-refractivity contribution in [1.29, 1.82) is 0 Å². The summed E-state index contributed by atoms with van der Waals surface area (Å²) in [6.07, 6.45) is 0.934. The van der Waals surface area contributed by atoms with Crippen LogP contribution in [0.2, 0.25) is 0 Å². The molecule has 0 saturated heterocycles. The fourth-order valence-electron chi connectivity index (χ4n) is 2.24. The van der Waals surface area contributed by atoms with Gasteiger partial charge in [0.25, 0.3) is 5.91 Å². The Kier molecular flexibility index (Phi) is 7.01. The third-order valence-electron chi connectivity index (χ3n) is 3.74. The van der Waals surface area contributed by atoms with Gasteiger partial charge in [-0.1, -0.05) is 56.3 Å². The summed E-state index contributed by atoms with van der Waals surface area (Å²) in [6, 6.07) is 17.3. The summed E-state index contributed by atoms with van der Waals surface area (Å²) in [6.45, 7) is 4.08. The normalized spacial score (nSPS) is 10.4. The molecule has 5 heteroatoms. The molecule has 0 unspecified atom stereocenters. The van der Waals surface area contributed by atoms with Crippen LogP contribution in [0.4, 0.5) is 0 Å². The number of amides is 2. The van der Waals surface area contributed by atoms with E-state index in [9.17, 15) is 9.59 Å². The van der Waals surface area contributed by atoms with Crippen LogP contribution in [0, 0.1) is 0 Å². The molecule has 0 spiro atoms. The van der Waals surface area contributed by atoms with Crippen LogP contribution in [0.3, 0.4) is 0 Å². The summed E-state index contributed by atoms with van der Waals surface area (Å²) < 4.78 is 5.40. The first-order valence-electron chi connectivity index (χ1n) is 8.39. The van der Waals surface area contributed by atoms with Crippen molar-refractivity contribution in [2.45, 2.75) is 32.6 Å². The lowest BCUT2D eigenvalue weighted by molar-refractivity contribution is -0.130. The third kappa shape index (κ3) is 6.67. The molecule has 0 fully saturated rings. The van der Waals surface area contributed by atoms with E-state index in [-0.39, 0.29) is 12.5 Å². The van der Waals surface area contributed by atoms with E-state index in [4.69, 9.17) is 4.74 Å². The lowest BCUT2D eigenvalue weighted by atomic mass is 10.0. The van der Waals surface area contributed by atoms with Gasteiger partial charge in [0.05, 0.1) is 0 Å². The molecule has 0 aliphatic rings. The summed E-state index contributed by atoms with van der Waals surface area (Å²) in [7, 11) is 0. The largest absolute Gasteiger partial charge is 0.484 e. The van der Waals surface area contributed by atoms with Crippen LogP contribution in [0.25, 0.3) is 0 Å². The molecule has 0 bridgehead atoms. The molecule has 2 amide bonds. The first-order chi connectivity index (χ1) is 12.0. The van der Waals surface area contributed by atoms with Crippen molar-refractivity contribution < 1.29 is 14.3 Å². The molecular formula is C20H24N2O3. The van der Waals surface area contributed by atoms with Crippen molar-refractivity contribution in [3.8, 4) is 5.75 Å². The Bertz CT molecular complexity index is 682. The predicted octanol–water partition coefficient (Wildman–Crippen LogP) is 2.97. The van der Waals surface area contributed by atoms with E-state index in [1.807, 2.05) is 54.6 Å². The molecular weight excluding hydrogens is 316 g/mol. The van der Waals surface area contributed by atoms with Crippen LogP contribution in [0.1, 0.15) is 37.3 Å². The van der Waals surface area contributed by atoms with Crippen LogP contribution in [0.15, 0.2) is 54.6 Å². The highest BCUT2D eigenvalue weighted by Crippen LogP contribution is 2.18. The minimum absolute atomic E-state index is 0.153. The Morgan fingerprint density at radius 2 is 1.56 bits per heavy atom. The van der Waals surface area contributed by atoms with Gasteiger partial charge in [0.2, 0.25) is 5.91 Å². The third-order valence-corrected chi connectivity index (χ3v) is 3.74. The van der Waals surface area contributed by atoms with E-state index < -0.39 is 5.91 Å². The van der Waals surface area contributed by atoms with Crippen molar-refractivity contribution in [3.63, 3.8) is 0 Å². The van der Waals surface area contributed by atoms with E-state index in [0.29, 0.717) is 24.5 Å². The standard InChI is InChI=1S/C20H24N2O3/c1-15(2)17-9-11-18(12-10-17)25-14-20(24)22-21-19(23)13-8-16-6-4-3-5-7-16/h3-7,9-12,15H,8,13-14H2,1-2H3,(H,21,23)(H,22,24). The first kappa shape index (κ1) is 18.5. The zero-order chi connectivity index (χ0) is 18.1. The highest BCUT2D eigenvalue weighted by molar-refractivity contribution is 5.82. The molecule has 2 rings (SSSR count). The lowest BCUT2D eigenvalue weighted by Gasteiger charge is -2.10. The Balaban J connectivity index is 1.65. The van der Waals surface area contributed by atoms with E-state index >= 15 is 0 Å². The maximum Gasteiger partial charge on any atom is 0.276 e. The predicted molar refractivity (Wildman–Crippen MR) is 97.1 cm³/mol. The lowest BCUT2D eigenvalue weighted by Crippen LogP contribution is -2.43. The summed E-state index contributed by atoms with van der Waals surface area (Å²) >= 11 is 0. The van der Waals surface area contributed by atoms with Gasteiger partial charge in [-0.15, -0.1) is 0 Å².